The van der Waals surface area contributed by atoms with Crippen LogP contribution in [0.25, 0.3) is 0 Å². The molecular formula is C16H25ClN4O2. The third-order valence-electron chi connectivity index (χ3n) is 3.99. The van der Waals surface area contributed by atoms with Gasteiger partial charge in [0.2, 0.25) is 11.8 Å². The van der Waals surface area contributed by atoms with E-state index in [4.69, 9.17) is 5.73 Å². The summed E-state index contributed by atoms with van der Waals surface area (Å²) in [5, 5.41) is 5.56. The smallest absolute Gasteiger partial charge is 0.238 e. The summed E-state index contributed by atoms with van der Waals surface area (Å²) >= 11 is 0. The average molecular weight is 341 g/mol. The number of anilines is 2. The highest BCUT2D eigenvalue weighted by atomic mass is 35.5. The molecule has 128 valence electrons. The Kier molecular flexibility index (Phi) is 7.00. The maximum atomic E-state index is 12.1. The van der Waals surface area contributed by atoms with Gasteiger partial charge < -0.3 is 16.4 Å². The van der Waals surface area contributed by atoms with Crippen molar-refractivity contribution in [2.45, 2.75) is 20.3 Å². The molecule has 1 aromatic carbocycles. The van der Waals surface area contributed by atoms with Crippen LogP contribution in [0.3, 0.4) is 0 Å². The second-order valence-electron chi connectivity index (χ2n) is 6.28. The number of halogens is 1. The summed E-state index contributed by atoms with van der Waals surface area (Å²) in [7, 11) is 0. The first-order chi connectivity index (χ1) is 10.4. The molecule has 0 aromatic heterocycles. The van der Waals surface area contributed by atoms with Crippen LogP contribution in [0.4, 0.5) is 11.4 Å². The fraction of sp³-hybridized carbons (Fsp3) is 0.500. The molecule has 1 fully saturated rings. The molecule has 23 heavy (non-hydrogen) atoms. The summed E-state index contributed by atoms with van der Waals surface area (Å²) < 4.78 is 0. The Hall–Kier alpha value is -1.63. The van der Waals surface area contributed by atoms with E-state index in [0.29, 0.717) is 18.8 Å². The largest absolute Gasteiger partial charge is 0.330 e. The Morgan fingerprint density at radius 3 is 2.26 bits per heavy atom. The molecule has 0 saturated carbocycles. The first-order valence-electron chi connectivity index (χ1n) is 7.50. The van der Waals surface area contributed by atoms with E-state index in [9.17, 15) is 9.59 Å². The third-order valence-corrected chi connectivity index (χ3v) is 3.99. The minimum Gasteiger partial charge on any atom is -0.330 e. The van der Waals surface area contributed by atoms with Crippen LogP contribution in [0.15, 0.2) is 24.3 Å². The van der Waals surface area contributed by atoms with Gasteiger partial charge in [-0.1, -0.05) is 6.92 Å². The van der Waals surface area contributed by atoms with Gasteiger partial charge in [-0.25, -0.2) is 0 Å². The number of carbonyl (C=O) groups excluding carboxylic acids is 2. The monoisotopic (exact) mass is 340 g/mol. The number of benzene rings is 1. The van der Waals surface area contributed by atoms with Gasteiger partial charge in [-0.15, -0.1) is 12.4 Å². The normalized spacial score (nSPS) is 20.7. The summed E-state index contributed by atoms with van der Waals surface area (Å²) in [6.45, 7) is 6.41. The molecule has 1 aliphatic rings. The SMILES string of the molecule is CC(=O)Nc1ccc(NC(=O)CN2CCC(C)(CN)C2)cc1.Cl. The van der Waals surface area contributed by atoms with Crippen LogP contribution in [0.1, 0.15) is 20.3 Å². The lowest BCUT2D eigenvalue weighted by Gasteiger charge is -2.22. The Morgan fingerprint density at radius 1 is 1.22 bits per heavy atom. The van der Waals surface area contributed by atoms with Gasteiger partial charge in [-0.05, 0) is 49.2 Å². The molecule has 2 rings (SSSR count). The molecular weight excluding hydrogens is 316 g/mol. The first-order valence-corrected chi connectivity index (χ1v) is 7.50. The van der Waals surface area contributed by atoms with Gasteiger partial charge in [0.1, 0.15) is 0 Å². The number of carbonyl (C=O) groups is 2. The molecule has 4 N–H and O–H groups in total. The van der Waals surface area contributed by atoms with Crippen LogP contribution in [0, 0.1) is 5.41 Å². The average Bonchev–Trinajstić information content (AvgIpc) is 2.82. The van der Waals surface area contributed by atoms with Crippen LogP contribution >= 0.6 is 12.4 Å². The second-order valence-corrected chi connectivity index (χ2v) is 6.28. The van der Waals surface area contributed by atoms with Gasteiger partial charge in [0.15, 0.2) is 0 Å². The van der Waals surface area contributed by atoms with E-state index in [2.05, 4.69) is 22.5 Å². The lowest BCUT2D eigenvalue weighted by Crippen LogP contribution is -2.35. The van der Waals surface area contributed by atoms with Crippen molar-refractivity contribution >= 4 is 35.6 Å². The van der Waals surface area contributed by atoms with Crippen molar-refractivity contribution in [1.82, 2.24) is 4.90 Å². The molecule has 1 aromatic rings. The van der Waals surface area contributed by atoms with Crippen molar-refractivity contribution in [3.05, 3.63) is 24.3 Å². The summed E-state index contributed by atoms with van der Waals surface area (Å²) in [6.07, 6.45) is 1.03. The zero-order valence-electron chi connectivity index (χ0n) is 13.6. The molecule has 1 heterocycles. The van der Waals surface area contributed by atoms with Crippen molar-refractivity contribution < 1.29 is 9.59 Å². The number of amides is 2. The third kappa shape index (κ3) is 5.82. The molecule has 0 radical (unpaired) electrons. The maximum absolute atomic E-state index is 12.1. The number of hydrogen-bond acceptors (Lipinski definition) is 4. The second kappa shape index (κ2) is 8.29. The Morgan fingerprint density at radius 2 is 1.78 bits per heavy atom. The zero-order valence-corrected chi connectivity index (χ0v) is 14.4. The maximum Gasteiger partial charge on any atom is 0.238 e. The highest BCUT2D eigenvalue weighted by Gasteiger charge is 2.33. The van der Waals surface area contributed by atoms with Crippen molar-refractivity contribution in [3.8, 4) is 0 Å². The fourth-order valence-electron chi connectivity index (χ4n) is 2.67. The van der Waals surface area contributed by atoms with Crippen LogP contribution < -0.4 is 16.4 Å². The van der Waals surface area contributed by atoms with Crippen molar-refractivity contribution in [2.75, 3.05) is 36.8 Å². The van der Waals surface area contributed by atoms with Gasteiger partial charge >= 0.3 is 0 Å². The van der Waals surface area contributed by atoms with Crippen LogP contribution in [0.5, 0.6) is 0 Å². The molecule has 1 aliphatic heterocycles. The Bertz CT molecular complexity index is 550. The fourth-order valence-corrected chi connectivity index (χ4v) is 2.67. The van der Waals surface area contributed by atoms with Crippen LogP contribution in [-0.4, -0.2) is 42.9 Å². The molecule has 1 saturated heterocycles. The van der Waals surface area contributed by atoms with E-state index in [-0.39, 0.29) is 29.6 Å². The van der Waals surface area contributed by atoms with E-state index in [1.54, 1.807) is 24.3 Å². The molecule has 0 spiro atoms. The minimum absolute atomic E-state index is 0. The van der Waals surface area contributed by atoms with E-state index >= 15 is 0 Å². The highest BCUT2D eigenvalue weighted by Crippen LogP contribution is 2.28. The highest BCUT2D eigenvalue weighted by molar-refractivity contribution is 5.93. The topological polar surface area (TPSA) is 87.5 Å². The number of nitrogens with one attached hydrogen (secondary N) is 2. The molecule has 2 amide bonds. The Labute approximate surface area is 143 Å². The molecule has 1 unspecified atom stereocenters. The predicted molar refractivity (Wildman–Crippen MR) is 94.8 cm³/mol. The predicted octanol–water partition coefficient (Wildman–Crippen LogP) is 1.68. The molecule has 0 bridgehead atoms. The summed E-state index contributed by atoms with van der Waals surface area (Å²) in [5.41, 5.74) is 7.34. The molecule has 7 heteroatoms. The van der Waals surface area contributed by atoms with Gasteiger partial charge in [0.05, 0.1) is 6.54 Å². The van der Waals surface area contributed by atoms with E-state index < -0.39 is 0 Å². The number of nitrogens with two attached hydrogens (primary N) is 1. The quantitative estimate of drug-likeness (QED) is 0.761. The summed E-state index contributed by atoms with van der Waals surface area (Å²) in [5.74, 6) is -0.151. The van der Waals surface area contributed by atoms with Gasteiger partial charge in [-0.3, -0.25) is 14.5 Å². The Balaban J connectivity index is 0.00000264. The van der Waals surface area contributed by atoms with Gasteiger partial charge in [-0.2, -0.15) is 0 Å². The van der Waals surface area contributed by atoms with Crippen LogP contribution in [0.2, 0.25) is 0 Å². The van der Waals surface area contributed by atoms with Crippen molar-refractivity contribution in [1.29, 1.82) is 0 Å². The van der Waals surface area contributed by atoms with Crippen molar-refractivity contribution in [2.24, 2.45) is 11.1 Å². The minimum atomic E-state index is -0.117. The number of likely N-dealkylation sites (tertiary alicyclic amines) is 1. The zero-order chi connectivity index (χ0) is 16.2. The summed E-state index contributed by atoms with van der Waals surface area (Å²) in [4.78, 5) is 25.2. The molecule has 6 nitrogen and oxygen atoms in total. The standard InChI is InChI=1S/C16H24N4O2.ClH/c1-12(21)18-13-3-5-14(6-4-13)19-15(22)9-20-8-7-16(2,10-17)11-20;/h3-6H,7-11,17H2,1-2H3,(H,18,21)(H,19,22);1H. The van der Waals surface area contributed by atoms with E-state index in [1.807, 2.05) is 0 Å². The van der Waals surface area contributed by atoms with Crippen molar-refractivity contribution in [3.63, 3.8) is 0 Å². The first kappa shape index (κ1) is 19.4. The van der Waals surface area contributed by atoms with Crippen LogP contribution in [-0.2, 0) is 9.59 Å². The lowest BCUT2D eigenvalue weighted by atomic mass is 9.90. The number of hydrogen-bond donors (Lipinski definition) is 3. The number of rotatable bonds is 5. The molecule has 0 aliphatic carbocycles. The molecule has 1 atom stereocenters. The number of nitrogens with zero attached hydrogens (tertiary/aromatic N) is 1. The lowest BCUT2D eigenvalue weighted by molar-refractivity contribution is -0.117. The van der Waals surface area contributed by atoms with E-state index in [0.717, 1.165) is 25.2 Å². The van der Waals surface area contributed by atoms with Gasteiger partial charge in [0.25, 0.3) is 0 Å². The summed E-state index contributed by atoms with van der Waals surface area (Å²) in [6, 6.07) is 7.07. The van der Waals surface area contributed by atoms with Gasteiger partial charge in [0, 0.05) is 24.8 Å². The van der Waals surface area contributed by atoms with E-state index in [1.165, 1.54) is 6.92 Å².